The summed E-state index contributed by atoms with van der Waals surface area (Å²) in [6.45, 7) is 3.86. The summed E-state index contributed by atoms with van der Waals surface area (Å²) in [5, 5.41) is 5.68. The lowest BCUT2D eigenvalue weighted by atomic mass is 10.0. The van der Waals surface area contributed by atoms with Gasteiger partial charge in [0.25, 0.3) is 5.91 Å². The largest absolute Gasteiger partial charge is 0.349 e. The van der Waals surface area contributed by atoms with Gasteiger partial charge in [-0.25, -0.2) is 9.18 Å². The highest BCUT2D eigenvalue weighted by Crippen LogP contribution is 2.12. The predicted molar refractivity (Wildman–Crippen MR) is 82.2 cm³/mol. The first kappa shape index (κ1) is 16.3. The average Bonchev–Trinajstić information content (AvgIpc) is 2.53. The molecule has 0 spiro atoms. The summed E-state index contributed by atoms with van der Waals surface area (Å²) in [6.07, 6.45) is 2.26. The van der Waals surface area contributed by atoms with Gasteiger partial charge in [-0.2, -0.15) is 0 Å². The third kappa shape index (κ3) is 4.19. The molecule has 1 aromatic rings. The number of carbonyl (C=O) groups is 2. The molecule has 0 aromatic heterocycles. The number of hydrogen-bond acceptors (Lipinski definition) is 2. The average molecular weight is 307 g/mol. The van der Waals surface area contributed by atoms with Crippen LogP contribution in [0, 0.1) is 5.82 Å². The van der Waals surface area contributed by atoms with Gasteiger partial charge >= 0.3 is 6.03 Å². The number of urea groups is 1. The van der Waals surface area contributed by atoms with Crippen molar-refractivity contribution in [3.63, 3.8) is 0 Å². The number of carbonyl (C=O) groups excluding carboxylic acids is 2. The zero-order valence-electron chi connectivity index (χ0n) is 12.8. The van der Waals surface area contributed by atoms with Crippen molar-refractivity contribution in [3.8, 4) is 0 Å². The van der Waals surface area contributed by atoms with Crippen LogP contribution in [0.15, 0.2) is 24.3 Å². The molecule has 5 nitrogen and oxygen atoms in total. The Morgan fingerprint density at radius 2 is 1.95 bits per heavy atom. The van der Waals surface area contributed by atoms with E-state index >= 15 is 0 Å². The first-order valence-electron chi connectivity index (χ1n) is 7.70. The van der Waals surface area contributed by atoms with Crippen LogP contribution in [0.5, 0.6) is 0 Å². The van der Waals surface area contributed by atoms with Crippen molar-refractivity contribution in [1.29, 1.82) is 0 Å². The maximum atomic E-state index is 13.6. The van der Waals surface area contributed by atoms with E-state index in [1.54, 1.807) is 17.0 Å². The van der Waals surface area contributed by atoms with Gasteiger partial charge in [0.2, 0.25) is 0 Å². The Kier molecular flexibility index (Phi) is 5.75. The monoisotopic (exact) mass is 307 g/mol. The third-order valence-electron chi connectivity index (χ3n) is 3.76. The molecule has 1 aliphatic rings. The molecule has 3 amide bonds. The number of amides is 3. The smallest absolute Gasteiger partial charge is 0.317 e. The molecule has 1 aliphatic heterocycles. The minimum atomic E-state index is -0.517. The molecule has 2 N–H and O–H groups in total. The van der Waals surface area contributed by atoms with Gasteiger partial charge in [0.05, 0.1) is 5.56 Å². The molecule has 0 atom stereocenters. The number of nitrogens with one attached hydrogen (secondary N) is 2. The molecular formula is C16H22FN3O2. The van der Waals surface area contributed by atoms with Gasteiger partial charge in [-0.05, 0) is 31.4 Å². The van der Waals surface area contributed by atoms with Gasteiger partial charge < -0.3 is 15.5 Å². The van der Waals surface area contributed by atoms with E-state index < -0.39 is 11.7 Å². The Bertz CT molecular complexity index is 528. The summed E-state index contributed by atoms with van der Waals surface area (Å²) in [5.74, 6) is -0.914. The van der Waals surface area contributed by atoms with Crippen LogP contribution in [0.4, 0.5) is 9.18 Å². The fraction of sp³-hybridized carbons (Fsp3) is 0.500. The molecule has 0 aliphatic carbocycles. The molecule has 0 unspecified atom stereocenters. The topological polar surface area (TPSA) is 61.4 Å². The number of benzene rings is 1. The molecule has 1 heterocycles. The van der Waals surface area contributed by atoms with Crippen LogP contribution in [0.2, 0.25) is 0 Å². The van der Waals surface area contributed by atoms with Crippen LogP contribution in [-0.2, 0) is 0 Å². The molecule has 6 heteroatoms. The van der Waals surface area contributed by atoms with Crippen molar-refractivity contribution in [3.05, 3.63) is 35.6 Å². The SMILES string of the molecule is CCCNC(=O)N1CCC(NC(=O)c2ccccc2F)CC1. The van der Waals surface area contributed by atoms with E-state index in [2.05, 4.69) is 10.6 Å². The number of hydrogen-bond donors (Lipinski definition) is 2. The highest BCUT2D eigenvalue weighted by molar-refractivity contribution is 5.94. The maximum Gasteiger partial charge on any atom is 0.317 e. The number of rotatable bonds is 4. The van der Waals surface area contributed by atoms with Crippen LogP contribution in [0.3, 0.4) is 0 Å². The van der Waals surface area contributed by atoms with Gasteiger partial charge in [0.15, 0.2) is 0 Å². The normalized spacial score (nSPS) is 15.5. The van der Waals surface area contributed by atoms with Gasteiger partial charge in [-0.1, -0.05) is 19.1 Å². The summed E-state index contributed by atoms with van der Waals surface area (Å²) in [4.78, 5) is 25.6. The highest BCUT2D eigenvalue weighted by Gasteiger charge is 2.24. The van der Waals surface area contributed by atoms with Crippen LogP contribution >= 0.6 is 0 Å². The van der Waals surface area contributed by atoms with Crippen molar-refractivity contribution in [2.75, 3.05) is 19.6 Å². The van der Waals surface area contributed by atoms with Gasteiger partial charge in [-0.3, -0.25) is 4.79 Å². The van der Waals surface area contributed by atoms with E-state index in [4.69, 9.17) is 0 Å². The Morgan fingerprint density at radius 1 is 1.27 bits per heavy atom. The summed E-state index contributed by atoms with van der Waals surface area (Å²) < 4.78 is 13.6. The quantitative estimate of drug-likeness (QED) is 0.895. The minimum Gasteiger partial charge on any atom is -0.349 e. The maximum absolute atomic E-state index is 13.6. The molecule has 1 aromatic carbocycles. The molecule has 0 radical (unpaired) electrons. The molecule has 2 rings (SSSR count). The van der Waals surface area contributed by atoms with Gasteiger partial charge in [-0.15, -0.1) is 0 Å². The van der Waals surface area contributed by atoms with Crippen molar-refractivity contribution in [1.82, 2.24) is 15.5 Å². The molecule has 0 bridgehead atoms. The Balaban J connectivity index is 1.81. The highest BCUT2D eigenvalue weighted by atomic mass is 19.1. The third-order valence-corrected chi connectivity index (χ3v) is 3.76. The predicted octanol–water partition coefficient (Wildman–Crippen LogP) is 2.14. The lowest BCUT2D eigenvalue weighted by molar-refractivity contribution is 0.0914. The Morgan fingerprint density at radius 3 is 2.59 bits per heavy atom. The number of piperidine rings is 1. The van der Waals surface area contributed by atoms with Crippen molar-refractivity contribution in [2.24, 2.45) is 0 Å². The summed E-state index contributed by atoms with van der Waals surface area (Å²) in [6, 6.07) is 5.86. The first-order chi connectivity index (χ1) is 10.6. The van der Waals surface area contributed by atoms with Crippen molar-refractivity contribution >= 4 is 11.9 Å². The summed E-state index contributed by atoms with van der Waals surface area (Å²) in [7, 11) is 0. The van der Waals surface area contributed by atoms with Crippen LogP contribution in [0.1, 0.15) is 36.5 Å². The summed E-state index contributed by atoms with van der Waals surface area (Å²) in [5.41, 5.74) is 0.0608. The fourth-order valence-corrected chi connectivity index (χ4v) is 2.48. The van der Waals surface area contributed by atoms with E-state index in [0.717, 1.165) is 6.42 Å². The molecule has 22 heavy (non-hydrogen) atoms. The lowest BCUT2D eigenvalue weighted by Crippen LogP contribution is -2.49. The Labute approximate surface area is 129 Å². The fourth-order valence-electron chi connectivity index (χ4n) is 2.48. The number of nitrogens with zero attached hydrogens (tertiary/aromatic N) is 1. The molecule has 120 valence electrons. The van der Waals surface area contributed by atoms with Gasteiger partial charge in [0.1, 0.15) is 5.82 Å². The van der Waals surface area contributed by atoms with E-state index in [-0.39, 0.29) is 17.6 Å². The molecular weight excluding hydrogens is 285 g/mol. The second-order valence-electron chi connectivity index (χ2n) is 5.45. The Hall–Kier alpha value is -2.11. The van der Waals surface area contributed by atoms with Gasteiger partial charge in [0, 0.05) is 25.7 Å². The lowest BCUT2D eigenvalue weighted by Gasteiger charge is -2.32. The summed E-state index contributed by atoms with van der Waals surface area (Å²) >= 11 is 0. The second-order valence-corrected chi connectivity index (χ2v) is 5.45. The van der Waals surface area contributed by atoms with Crippen LogP contribution < -0.4 is 10.6 Å². The van der Waals surface area contributed by atoms with E-state index in [9.17, 15) is 14.0 Å². The molecule has 1 saturated heterocycles. The zero-order valence-corrected chi connectivity index (χ0v) is 12.8. The molecule has 0 saturated carbocycles. The standard InChI is InChI=1S/C16H22FN3O2/c1-2-9-18-16(22)20-10-7-12(8-11-20)19-15(21)13-5-3-4-6-14(13)17/h3-6,12H,2,7-11H2,1H3,(H,18,22)(H,19,21). The van der Waals surface area contributed by atoms with Crippen LogP contribution in [0.25, 0.3) is 0 Å². The number of halogens is 1. The van der Waals surface area contributed by atoms with Crippen LogP contribution in [-0.4, -0.2) is 42.5 Å². The van der Waals surface area contributed by atoms with E-state index in [0.29, 0.717) is 32.5 Å². The second kappa shape index (κ2) is 7.77. The number of likely N-dealkylation sites (tertiary alicyclic amines) is 1. The minimum absolute atomic E-state index is 0.0256. The first-order valence-corrected chi connectivity index (χ1v) is 7.70. The van der Waals surface area contributed by atoms with Crippen molar-refractivity contribution < 1.29 is 14.0 Å². The van der Waals surface area contributed by atoms with E-state index in [1.165, 1.54) is 12.1 Å². The molecule has 1 fully saturated rings. The zero-order chi connectivity index (χ0) is 15.9. The van der Waals surface area contributed by atoms with Crippen molar-refractivity contribution in [2.45, 2.75) is 32.2 Å². The van der Waals surface area contributed by atoms with E-state index in [1.807, 2.05) is 6.92 Å².